The van der Waals surface area contributed by atoms with Crippen LogP contribution < -0.4 is 0 Å². The number of hydrogen-bond acceptors (Lipinski definition) is 4. The van der Waals surface area contributed by atoms with Gasteiger partial charge in [-0.15, -0.1) is 0 Å². The molecule has 0 radical (unpaired) electrons. The Morgan fingerprint density at radius 2 is 2.11 bits per heavy atom. The molecule has 2 heterocycles. The van der Waals surface area contributed by atoms with E-state index in [-0.39, 0.29) is 17.1 Å². The number of ether oxygens (including phenoxy) is 2. The number of carbonyl (C=O) groups excluding carboxylic acids is 1. The molecule has 2 aliphatic heterocycles. The van der Waals surface area contributed by atoms with Crippen LogP contribution in [-0.4, -0.2) is 42.2 Å². The van der Waals surface area contributed by atoms with E-state index in [9.17, 15) is 4.79 Å². The molecule has 0 N–H and O–H groups in total. The van der Waals surface area contributed by atoms with Gasteiger partial charge in [-0.25, -0.2) is 0 Å². The first kappa shape index (κ1) is 15.3. The van der Waals surface area contributed by atoms with Gasteiger partial charge >= 0.3 is 0 Å². The Morgan fingerprint density at radius 3 is 2.74 bits per heavy atom. The van der Waals surface area contributed by atoms with E-state index in [1.807, 2.05) is 25.6 Å². The van der Waals surface area contributed by atoms with Crippen LogP contribution in [0.2, 0.25) is 0 Å². The zero-order valence-corrected chi connectivity index (χ0v) is 13.2. The molecule has 2 fully saturated rings. The first-order chi connectivity index (χ1) is 8.96. The van der Waals surface area contributed by atoms with E-state index in [0.29, 0.717) is 12.2 Å². The quantitative estimate of drug-likeness (QED) is 0.795. The molecule has 1 atom stereocenters. The third-order valence-electron chi connectivity index (χ3n) is 4.50. The fraction of sp³-hybridized carbons (Fsp3) is 0.933. The van der Waals surface area contributed by atoms with Gasteiger partial charge in [0.05, 0.1) is 11.2 Å². The fourth-order valence-electron chi connectivity index (χ4n) is 3.03. The second-order valence-electron chi connectivity index (χ2n) is 6.44. The number of hydrogen-bond donors (Lipinski definition) is 0. The van der Waals surface area contributed by atoms with Crippen LogP contribution in [-0.2, 0) is 14.3 Å². The summed E-state index contributed by atoms with van der Waals surface area (Å²) in [7, 11) is 1.68. The Balaban J connectivity index is 1.95. The summed E-state index contributed by atoms with van der Waals surface area (Å²) in [5, 5.41) is 0. The van der Waals surface area contributed by atoms with Gasteiger partial charge in [-0.2, -0.15) is 11.8 Å². The number of thioether (sulfide) groups is 1. The van der Waals surface area contributed by atoms with Gasteiger partial charge in [-0.05, 0) is 51.0 Å². The van der Waals surface area contributed by atoms with Gasteiger partial charge in [-0.3, -0.25) is 4.79 Å². The number of Topliss-reactive ketones (excluding diaryl/α,β-unsaturated/α-hetero) is 1. The maximum absolute atomic E-state index is 12.5. The lowest BCUT2D eigenvalue weighted by molar-refractivity contribution is -0.142. The molecule has 0 bridgehead atoms. The van der Waals surface area contributed by atoms with Gasteiger partial charge in [0.2, 0.25) is 0 Å². The molecular weight excluding hydrogens is 260 g/mol. The molecule has 3 nitrogen and oxygen atoms in total. The van der Waals surface area contributed by atoms with Gasteiger partial charge in [0, 0.05) is 26.1 Å². The van der Waals surface area contributed by atoms with Crippen molar-refractivity contribution in [3.8, 4) is 0 Å². The normalized spacial score (nSPS) is 27.4. The topological polar surface area (TPSA) is 35.5 Å². The minimum absolute atomic E-state index is 0.00103. The van der Waals surface area contributed by atoms with Crippen molar-refractivity contribution >= 4 is 17.5 Å². The molecule has 2 rings (SSSR count). The Hall–Kier alpha value is -0.0600. The lowest BCUT2D eigenvalue weighted by Gasteiger charge is -2.43. The van der Waals surface area contributed by atoms with Gasteiger partial charge in [0.25, 0.3) is 0 Å². The molecule has 1 unspecified atom stereocenters. The maximum atomic E-state index is 12.5. The molecule has 0 aromatic rings. The lowest BCUT2D eigenvalue weighted by Crippen LogP contribution is -2.45. The molecule has 0 aliphatic carbocycles. The zero-order valence-electron chi connectivity index (χ0n) is 12.4. The molecule has 19 heavy (non-hydrogen) atoms. The number of carbonyl (C=O) groups is 1. The summed E-state index contributed by atoms with van der Waals surface area (Å²) >= 11 is 2.00. The van der Waals surface area contributed by atoms with E-state index in [1.54, 1.807) is 7.11 Å². The Morgan fingerprint density at radius 1 is 1.42 bits per heavy atom. The number of methoxy groups -OCH3 is 1. The molecule has 4 heteroatoms. The van der Waals surface area contributed by atoms with E-state index in [0.717, 1.165) is 32.3 Å². The fourth-order valence-corrected chi connectivity index (χ4v) is 4.27. The molecule has 1 spiro atoms. The van der Waals surface area contributed by atoms with E-state index >= 15 is 0 Å². The highest BCUT2D eigenvalue weighted by Crippen LogP contribution is 2.40. The summed E-state index contributed by atoms with van der Waals surface area (Å²) in [6, 6.07) is 0. The van der Waals surface area contributed by atoms with E-state index in [4.69, 9.17) is 9.47 Å². The second-order valence-corrected chi connectivity index (χ2v) is 7.67. The Kier molecular flexibility index (Phi) is 4.96. The molecule has 2 aliphatic rings. The van der Waals surface area contributed by atoms with Crippen molar-refractivity contribution in [2.24, 2.45) is 5.92 Å². The van der Waals surface area contributed by atoms with Gasteiger partial charge in [0.1, 0.15) is 5.78 Å². The Bertz CT molecular complexity index is 316. The number of rotatable bonds is 4. The van der Waals surface area contributed by atoms with Crippen LogP contribution in [0.3, 0.4) is 0 Å². The summed E-state index contributed by atoms with van der Waals surface area (Å²) in [6.07, 6.45) is 4.53. The summed E-state index contributed by atoms with van der Waals surface area (Å²) in [5.41, 5.74) is -0.341. The van der Waals surface area contributed by atoms with Crippen molar-refractivity contribution < 1.29 is 14.3 Å². The van der Waals surface area contributed by atoms with E-state index in [1.165, 1.54) is 11.5 Å². The van der Waals surface area contributed by atoms with Crippen LogP contribution >= 0.6 is 11.8 Å². The zero-order chi connectivity index (χ0) is 13.9. The largest absolute Gasteiger partial charge is 0.378 e. The predicted molar refractivity (Wildman–Crippen MR) is 78.7 cm³/mol. The smallest absolute Gasteiger partial charge is 0.139 e. The van der Waals surface area contributed by atoms with Crippen molar-refractivity contribution in [3.63, 3.8) is 0 Å². The first-order valence-corrected chi connectivity index (χ1v) is 8.41. The summed E-state index contributed by atoms with van der Waals surface area (Å²) < 4.78 is 11.4. The minimum Gasteiger partial charge on any atom is -0.378 e. The molecular formula is C15H26O3S. The Labute approximate surface area is 120 Å². The standard InChI is InChI=1S/C15H26O3S/c1-14(2,17-3)11-13(16)12-4-7-18-15(10-12)5-8-19-9-6-15/h12H,4-11H2,1-3H3. The monoisotopic (exact) mass is 286 g/mol. The van der Waals surface area contributed by atoms with Gasteiger partial charge < -0.3 is 9.47 Å². The van der Waals surface area contributed by atoms with Crippen LogP contribution in [0.25, 0.3) is 0 Å². The van der Waals surface area contributed by atoms with Crippen molar-refractivity contribution in [2.75, 3.05) is 25.2 Å². The van der Waals surface area contributed by atoms with E-state index in [2.05, 4.69) is 0 Å². The van der Waals surface area contributed by atoms with Crippen molar-refractivity contribution in [1.82, 2.24) is 0 Å². The van der Waals surface area contributed by atoms with Crippen LogP contribution in [0.15, 0.2) is 0 Å². The summed E-state index contributed by atoms with van der Waals surface area (Å²) in [4.78, 5) is 12.5. The van der Waals surface area contributed by atoms with Crippen LogP contribution in [0.1, 0.15) is 46.0 Å². The van der Waals surface area contributed by atoms with Crippen LogP contribution in [0.5, 0.6) is 0 Å². The lowest BCUT2D eigenvalue weighted by atomic mass is 9.78. The highest BCUT2D eigenvalue weighted by molar-refractivity contribution is 7.99. The highest BCUT2D eigenvalue weighted by atomic mass is 32.2. The minimum atomic E-state index is -0.342. The third-order valence-corrected chi connectivity index (χ3v) is 5.49. The predicted octanol–water partition coefficient (Wildman–Crippen LogP) is 3.06. The molecule has 0 aromatic carbocycles. The second kappa shape index (κ2) is 6.15. The molecule has 0 amide bonds. The van der Waals surface area contributed by atoms with E-state index < -0.39 is 0 Å². The molecule has 0 aromatic heterocycles. The van der Waals surface area contributed by atoms with Crippen molar-refractivity contribution in [1.29, 1.82) is 0 Å². The average molecular weight is 286 g/mol. The maximum Gasteiger partial charge on any atom is 0.139 e. The molecule has 110 valence electrons. The average Bonchev–Trinajstić information content (AvgIpc) is 2.39. The van der Waals surface area contributed by atoms with Crippen LogP contribution in [0.4, 0.5) is 0 Å². The third kappa shape index (κ3) is 3.96. The van der Waals surface area contributed by atoms with Crippen LogP contribution in [0, 0.1) is 5.92 Å². The summed E-state index contributed by atoms with van der Waals surface area (Å²) in [6.45, 7) is 4.71. The molecule has 0 saturated carbocycles. The van der Waals surface area contributed by atoms with Gasteiger partial charge in [0.15, 0.2) is 0 Å². The van der Waals surface area contributed by atoms with Crippen molar-refractivity contribution in [3.05, 3.63) is 0 Å². The van der Waals surface area contributed by atoms with Gasteiger partial charge in [-0.1, -0.05) is 0 Å². The highest BCUT2D eigenvalue weighted by Gasteiger charge is 2.41. The van der Waals surface area contributed by atoms with Crippen molar-refractivity contribution in [2.45, 2.75) is 57.2 Å². The number of ketones is 1. The SMILES string of the molecule is COC(C)(C)CC(=O)C1CCOC2(CCSCC2)C1. The first-order valence-electron chi connectivity index (χ1n) is 7.26. The molecule has 2 saturated heterocycles. The summed E-state index contributed by atoms with van der Waals surface area (Å²) in [5.74, 6) is 2.87.